The van der Waals surface area contributed by atoms with Crippen molar-refractivity contribution in [2.24, 2.45) is 28.8 Å². The van der Waals surface area contributed by atoms with E-state index in [1.807, 2.05) is 46.7 Å². The summed E-state index contributed by atoms with van der Waals surface area (Å²) in [6.45, 7) is 17.3. The van der Waals surface area contributed by atoms with Gasteiger partial charge in [-0.25, -0.2) is 0 Å². The largest absolute Gasteiger partial charge is 0.459 e. The Morgan fingerprint density at radius 2 is 1.49 bits per heavy atom. The normalized spacial score (nSPS) is 49.1. The highest BCUT2D eigenvalue weighted by Gasteiger charge is 2.54. The van der Waals surface area contributed by atoms with Gasteiger partial charge in [0, 0.05) is 44.4 Å². The maximum Gasteiger partial charge on any atom is 0.311 e. The molecule has 310 valence electrons. The fourth-order valence-electron chi connectivity index (χ4n) is 8.78. The Hall–Kier alpha value is -1.50. The predicted molar refractivity (Wildman–Crippen MR) is 195 cm³/mol. The molecule has 3 aliphatic heterocycles. The number of nitrogens with zero attached hydrogens (tertiary/aromatic N) is 2. The first-order valence-corrected chi connectivity index (χ1v) is 19.1. The van der Waals surface area contributed by atoms with E-state index in [2.05, 4.69) is 5.16 Å². The van der Waals surface area contributed by atoms with Crippen molar-refractivity contribution in [1.29, 1.82) is 0 Å². The third-order valence-electron chi connectivity index (χ3n) is 12.4. The van der Waals surface area contributed by atoms with Crippen LogP contribution in [0, 0.1) is 23.7 Å². The molecule has 5 N–H and O–H groups in total. The summed E-state index contributed by atoms with van der Waals surface area (Å²) in [5.74, 6) is -3.82. The number of ether oxygens (including phenoxy) is 7. The van der Waals surface area contributed by atoms with Gasteiger partial charge in [-0.3, -0.25) is 4.79 Å². The molecule has 0 aromatic heterocycles. The zero-order valence-corrected chi connectivity index (χ0v) is 34.4. The molecule has 3 fully saturated rings. The van der Waals surface area contributed by atoms with E-state index >= 15 is 0 Å². The van der Waals surface area contributed by atoms with Crippen molar-refractivity contribution in [3.63, 3.8) is 0 Å². The SMILES string of the molecule is CCC1OC(=O)C(C)C(OC2CC(C)(OC)C(O)C(C)O2)C(C)C(OC2OC(C)CC(N(C)C)C2O)C(C)(OC)CC(C)C(=NO)C(C)C(O)C1(C)O. The summed E-state index contributed by atoms with van der Waals surface area (Å²) in [5, 5.41) is 59.8. The summed E-state index contributed by atoms with van der Waals surface area (Å²) in [4.78, 5) is 16.2. The van der Waals surface area contributed by atoms with Crippen molar-refractivity contribution in [3.8, 4) is 0 Å². The Labute approximate surface area is 316 Å². The summed E-state index contributed by atoms with van der Waals surface area (Å²) in [5.41, 5.74) is -3.99. The second-order valence-electron chi connectivity index (χ2n) is 16.8. The van der Waals surface area contributed by atoms with Crippen LogP contribution in [0.15, 0.2) is 5.16 Å². The molecule has 15 nitrogen and oxygen atoms in total. The van der Waals surface area contributed by atoms with Gasteiger partial charge >= 0.3 is 5.97 Å². The van der Waals surface area contributed by atoms with Crippen molar-refractivity contribution in [1.82, 2.24) is 4.90 Å². The van der Waals surface area contributed by atoms with Crippen LogP contribution in [-0.4, -0.2) is 155 Å². The van der Waals surface area contributed by atoms with Crippen molar-refractivity contribution in [3.05, 3.63) is 0 Å². The van der Waals surface area contributed by atoms with Gasteiger partial charge in [0.2, 0.25) is 0 Å². The van der Waals surface area contributed by atoms with Crippen LogP contribution in [0.5, 0.6) is 0 Å². The van der Waals surface area contributed by atoms with E-state index in [4.69, 9.17) is 33.2 Å². The predicted octanol–water partition coefficient (Wildman–Crippen LogP) is 2.70. The molecule has 53 heavy (non-hydrogen) atoms. The van der Waals surface area contributed by atoms with Gasteiger partial charge < -0.3 is 63.7 Å². The molecule has 0 bridgehead atoms. The van der Waals surface area contributed by atoms with Gasteiger partial charge in [0.05, 0.1) is 53.4 Å². The van der Waals surface area contributed by atoms with Gasteiger partial charge in [-0.1, -0.05) is 32.9 Å². The van der Waals surface area contributed by atoms with Crippen LogP contribution < -0.4 is 0 Å². The minimum Gasteiger partial charge on any atom is -0.459 e. The third kappa shape index (κ3) is 9.73. The smallest absolute Gasteiger partial charge is 0.311 e. The zero-order chi connectivity index (χ0) is 40.4. The molecule has 3 aliphatic rings. The Balaban J connectivity index is 2.25. The van der Waals surface area contributed by atoms with Gasteiger partial charge in [0.15, 0.2) is 12.6 Å². The van der Waals surface area contributed by atoms with Crippen LogP contribution >= 0.6 is 0 Å². The molecule has 18 unspecified atom stereocenters. The van der Waals surface area contributed by atoms with E-state index in [9.17, 15) is 30.4 Å². The van der Waals surface area contributed by atoms with Gasteiger partial charge in [-0.15, -0.1) is 0 Å². The highest BCUT2D eigenvalue weighted by atomic mass is 16.7. The Morgan fingerprint density at radius 3 is 2.02 bits per heavy atom. The minimum atomic E-state index is -1.94. The monoisotopic (exact) mass is 762 g/mol. The lowest BCUT2D eigenvalue weighted by Crippen LogP contribution is -2.61. The Bertz CT molecular complexity index is 1220. The van der Waals surface area contributed by atoms with E-state index in [-0.39, 0.29) is 37.1 Å². The van der Waals surface area contributed by atoms with Crippen molar-refractivity contribution >= 4 is 11.7 Å². The third-order valence-corrected chi connectivity index (χ3v) is 12.4. The maximum atomic E-state index is 14.2. The zero-order valence-electron chi connectivity index (χ0n) is 34.4. The van der Waals surface area contributed by atoms with Crippen molar-refractivity contribution in [2.75, 3.05) is 28.3 Å². The fourth-order valence-corrected chi connectivity index (χ4v) is 8.78. The summed E-state index contributed by atoms with van der Waals surface area (Å²) in [7, 11) is 6.80. The minimum absolute atomic E-state index is 0.128. The van der Waals surface area contributed by atoms with E-state index in [1.165, 1.54) is 21.1 Å². The van der Waals surface area contributed by atoms with Gasteiger partial charge in [-0.2, -0.15) is 0 Å². The number of likely N-dealkylation sites (N-methyl/N-ethyl adjacent to an activating group) is 1. The lowest BCUT2D eigenvalue weighted by atomic mass is 9.73. The standard InChI is InChI=1S/C38H70N2O13/c1-15-26-38(10,45)31(42)21(4)28(39-46)19(2)17-37(9,48-14)33(53-35-29(41)25(40(11)12)16-20(3)49-35)22(5)30(23(6)34(44)51-26)52-27-18-36(8,47-13)32(43)24(7)50-27/h19-27,29-33,35,41-43,45-46H,15-18H2,1-14H3. The summed E-state index contributed by atoms with van der Waals surface area (Å²) in [6, 6.07) is -0.282. The molecule has 0 aromatic rings. The second-order valence-corrected chi connectivity index (χ2v) is 16.8. The van der Waals surface area contributed by atoms with Gasteiger partial charge in [0.25, 0.3) is 0 Å². The molecule has 3 saturated heterocycles. The number of hydrogen-bond donors (Lipinski definition) is 5. The number of carbonyl (C=O) groups is 1. The quantitative estimate of drug-likeness (QED) is 0.137. The molecule has 0 spiro atoms. The highest BCUT2D eigenvalue weighted by Crippen LogP contribution is 2.42. The molecule has 0 aliphatic carbocycles. The number of carbonyl (C=O) groups excluding carboxylic acids is 1. The van der Waals surface area contributed by atoms with Gasteiger partial charge in [0.1, 0.15) is 23.9 Å². The molecule has 18 atom stereocenters. The molecule has 3 heterocycles. The Kier molecular flexibility index (Phi) is 15.7. The lowest BCUT2D eigenvalue weighted by molar-refractivity contribution is -0.319. The average molecular weight is 763 g/mol. The van der Waals surface area contributed by atoms with Crippen molar-refractivity contribution < 1.29 is 63.6 Å². The van der Waals surface area contributed by atoms with E-state index in [1.54, 1.807) is 34.6 Å². The van der Waals surface area contributed by atoms with Crippen molar-refractivity contribution in [2.45, 2.75) is 179 Å². The number of cyclic esters (lactones) is 1. The molecule has 0 saturated carbocycles. The lowest BCUT2D eigenvalue weighted by Gasteiger charge is -2.50. The van der Waals surface area contributed by atoms with E-state index in [0.717, 1.165) is 0 Å². The topological polar surface area (TPSA) is 198 Å². The highest BCUT2D eigenvalue weighted by molar-refractivity contribution is 5.88. The number of hydrogen-bond acceptors (Lipinski definition) is 15. The van der Waals surface area contributed by atoms with Crippen LogP contribution in [0.4, 0.5) is 0 Å². The van der Waals surface area contributed by atoms with Gasteiger partial charge in [-0.05, 0) is 74.9 Å². The van der Waals surface area contributed by atoms with Crippen LogP contribution in [0.25, 0.3) is 0 Å². The first-order chi connectivity index (χ1) is 24.5. The van der Waals surface area contributed by atoms with Crippen LogP contribution in [-0.2, 0) is 38.0 Å². The van der Waals surface area contributed by atoms with Crippen LogP contribution in [0.1, 0.15) is 94.9 Å². The number of oxime groups is 1. The number of methoxy groups -OCH3 is 2. The first-order valence-electron chi connectivity index (χ1n) is 19.1. The molecule has 0 amide bonds. The van der Waals surface area contributed by atoms with E-state index < -0.39 is 102 Å². The summed E-state index contributed by atoms with van der Waals surface area (Å²) >= 11 is 0. The molecular formula is C38H70N2O13. The summed E-state index contributed by atoms with van der Waals surface area (Å²) in [6.07, 6.45) is -8.53. The van der Waals surface area contributed by atoms with Crippen LogP contribution in [0.2, 0.25) is 0 Å². The molecular weight excluding hydrogens is 692 g/mol. The number of aliphatic hydroxyl groups excluding tert-OH is 3. The Morgan fingerprint density at radius 1 is 0.887 bits per heavy atom. The average Bonchev–Trinajstić information content (AvgIpc) is 3.10. The fraction of sp³-hybridized carbons (Fsp3) is 0.947. The van der Waals surface area contributed by atoms with E-state index in [0.29, 0.717) is 6.42 Å². The number of esters is 1. The maximum absolute atomic E-state index is 14.2. The number of rotatable bonds is 8. The second kappa shape index (κ2) is 18.2. The summed E-state index contributed by atoms with van der Waals surface area (Å²) < 4.78 is 44.1. The molecule has 0 aromatic carbocycles. The van der Waals surface area contributed by atoms with Crippen LogP contribution in [0.3, 0.4) is 0 Å². The molecule has 3 rings (SSSR count). The molecule has 0 radical (unpaired) electrons. The molecule has 15 heteroatoms. The first kappa shape index (κ1) is 45.9. The number of aliphatic hydroxyl groups is 4.